The minimum Gasteiger partial charge on any atom is -0.487 e. The molecule has 2 rings (SSSR count). The topological polar surface area (TPSA) is 35.5 Å². The van der Waals surface area contributed by atoms with Crippen LogP contribution in [0.5, 0.6) is 5.75 Å². The molecule has 0 saturated carbocycles. The van der Waals surface area contributed by atoms with Gasteiger partial charge in [-0.2, -0.15) is 0 Å². The van der Waals surface area contributed by atoms with Crippen LogP contribution in [0.4, 0.5) is 0 Å². The summed E-state index contributed by atoms with van der Waals surface area (Å²) in [4.78, 5) is 11.6. The first-order chi connectivity index (χ1) is 11.5. The molecular weight excluding hydrogens is 347 g/mol. The van der Waals surface area contributed by atoms with Crippen LogP contribution in [0.25, 0.3) is 0 Å². The SMILES string of the molecule is CCc1cc(Cl)c(OCc2c(Cl)cccc2CC(=O)OC)cc1C. The predicted molar refractivity (Wildman–Crippen MR) is 97.1 cm³/mol. The molecule has 0 N–H and O–H groups in total. The van der Waals surface area contributed by atoms with E-state index in [-0.39, 0.29) is 19.0 Å². The summed E-state index contributed by atoms with van der Waals surface area (Å²) in [5.74, 6) is 0.287. The number of halogens is 2. The first-order valence-electron chi connectivity index (χ1n) is 7.71. The van der Waals surface area contributed by atoms with Crippen LogP contribution in [0.15, 0.2) is 30.3 Å². The Morgan fingerprint density at radius 2 is 1.88 bits per heavy atom. The van der Waals surface area contributed by atoms with E-state index >= 15 is 0 Å². The van der Waals surface area contributed by atoms with Crippen molar-refractivity contribution in [3.63, 3.8) is 0 Å². The molecule has 5 heteroatoms. The number of benzene rings is 2. The van der Waals surface area contributed by atoms with Crippen molar-refractivity contribution in [3.05, 3.63) is 62.6 Å². The summed E-state index contributed by atoms with van der Waals surface area (Å²) in [6.07, 6.45) is 1.07. The number of ether oxygens (including phenoxy) is 2. The van der Waals surface area contributed by atoms with E-state index in [1.807, 2.05) is 25.1 Å². The lowest BCUT2D eigenvalue weighted by molar-refractivity contribution is -0.139. The number of rotatable bonds is 6. The normalized spacial score (nSPS) is 10.5. The molecule has 0 aliphatic rings. The molecular formula is C19H20Cl2O3. The van der Waals surface area contributed by atoms with Gasteiger partial charge >= 0.3 is 5.97 Å². The van der Waals surface area contributed by atoms with Crippen LogP contribution < -0.4 is 4.74 Å². The smallest absolute Gasteiger partial charge is 0.309 e. The van der Waals surface area contributed by atoms with Crippen LogP contribution >= 0.6 is 23.2 Å². The standard InChI is InChI=1S/C19H20Cl2O3/c1-4-13-9-17(21)18(8-12(13)2)24-11-15-14(10-19(22)23-3)6-5-7-16(15)20/h5-9H,4,10-11H2,1-3H3. The van der Waals surface area contributed by atoms with E-state index < -0.39 is 0 Å². The Hall–Kier alpha value is -1.71. The minimum atomic E-state index is -0.320. The second-order valence-corrected chi connectivity index (χ2v) is 6.30. The number of methoxy groups -OCH3 is 1. The van der Waals surface area contributed by atoms with Crippen molar-refractivity contribution in [2.45, 2.75) is 33.3 Å². The Balaban J connectivity index is 2.23. The average Bonchev–Trinajstić information content (AvgIpc) is 2.56. The maximum absolute atomic E-state index is 11.6. The van der Waals surface area contributed by atoms with Crippen LogP contribution in [-0.4, -0.2) is 13.1 Å². The molecule has 0 bridgehead atoms. The maximum atomic E-state index is 11.6. The van der Waals surface area contributed by atoms with Crippen molar-refractivity contribution in [1.29, 1.82) is 0 Å². The Bertz CT molecular complexity index is 742. The first-order valence-corrected chi connectivity index (χ1v) is 8.46. The maximum Gasteiger partial charge on any atom is 0.309 e. The molecule has 0 atom stereocenters. The van der Waals surface area contributed by atoms with Gasteiger partial charge in [0.05, 0.1) is 18.6 Å². The number of esters is 1. The van der Waals surface area contributed by atoms with Gasteiger partial charge in [-0.15, -0.1) is 0 Å². The summed E-state index contributed by atoms with van der Waals surface area (Å²) < 4.78 is 10.6. The van der Waals surface area contributed by atoms with E-state index in [2.05, 4.69) is 6.92 Å². The predicted octanol–water partition coefficient (Wildman–Crippen LogP) is 5.16. The molecule has 0 heterocycles. The van der Waals surface area contributed by atoms with E-state index in [1.165, 1.54) is 12.7 Å². The van der Waals surface area contributed by atoms with Crippen LogP contribution in [0.1, 0.15) is 29.2 Å². The van der Waals surface area contributed by atoms with Crippen LogP contribution in [0.3, 0.4) is 0 Å². The molecule has 24 heavy (non-hydrogen) atoms. The fourth-order valence-electron chi connectivity index (χ4n) is 2.50. The Kier molecular flexibility index (Phi) is 6.52. The van der Waals surface area contributed by atoms with Crippen molar-refractivity contribution in [2.75, 3.05) is 7.11 Å². The monoisotopic (exact) mass is 366 g/mol. The molecule has 0 saturated heterocycles. The van der Waals surface area contributed by atoms with Gasteiger partial charge in [-0.25, -0.2) is 0 Å². The summed E-state index contributed by atoms with van der Waals surface area (Å²) in [6, 6.07) is 9.27. The van der Waals surface area contributed by atoms with Crippen molar-refractivity contribution >= 4 is 29.2 Å². The summed E-state index contributed by atoms with van der Waals surface area (Å²) in [5.41, 5.74) is 3.87. The molecule has 2 aromatic carbocycles. The third kappa shape index (κ3) is 4.43. The fraction of sp³-hybridized carbons (Fsp3) is 0.316. The number of aryl methyl sites for hydroxylation is 2. The number of carbonyl (C=O) groups is 1. The summed E-state index contributed by atoms with van der Waals surface area (Å²) in [5, 5.41) is 1.12. The van der Waals surface area contributed by atoms with E-state index in [0.717, 1.165) is 23.1 Å². The second-order valence-electron chi connectivity index (χ2n) is 5.48. The lowest BCUT2D eigenvalue weighted by Gasteiger charge is -2.15. The lowest BCUT2D eigenvalue weighted by Crippen LogP contribution is -2.09. The zero-order valence-electron chi connectivity index (χ0n) is 14.0. The van der Waals surface area contributed by atoms with Gasteiger partial charge in [0, 0.05) is 10.6 Å². The molecule has 0 fully saturated rings. The zero-order chi connectivity index (χ0) is 17.7. The first kappa shape index (κ1) is 18.6. The van der Waals surface area contributed by atoms with E-state index in [0.29, 0.717) is 15.8 Å². The van der Waals surface area contributed by atoms with Gasteiger partial charge in [-0.1, -0.05) is 42.3 Å². The van der Waals surface area contributed by atoms with E-state index in [4.69, 9.17) is 32.7 Å². The van der Waals surface area contributed by atoms with Gasteiger partial charge < -0.3 is 9.47 Å². The molecule has 0 unspecified atom stereocenters. The van der Waals surface area contributed by atoms with Gasteiger partial charge in [-0.05, 0) is 48.2 Å². The quantitative estimate of drug-likeness (QED) is 0.662. The molecule has 0 aliphatic carbocycles. The fourth-order valence-corrected chi connectivity index (χ4v) is 2.99. The summed E-state index contributed by atoms with van der Waals surface area (Å²) in [7, 11) is 1.36. The molecule has 0 radical (unpaired) electrons. The molecule has 2 aromatic rings. The van der Waals surface area contributed by atoms with E-state index in [1.54, 1.807) is 12.1 Å². The van der Waals surface area contributed by atoms with Gasteiger partial charge in [0.1, 0.15) is 12.4 Å². The second kappa shape index (κ2) is 8.41. The molecule has 0 aliphatic heterocycles. The average molecular weight is 367 g/mol. The third-order valence-corrected chi connectivity index (χ3v) is 4.57. The van der Waals surface area contributed by atoms with Crippen LogP contribution in [-0.2, 0) is 29.0 Å². The Morgan fingerprint density at radius 1 is 1.12 bits per heavy atom. The summed E-state index contributed by atoms with van der Waals surface area (Å²) >= 11 is 12.6. The minimum absolute atomic E-state index is 0.150. The Labute approximate surface area is 152 Å². The Morgan fingerprint density at radius 3 is 2.54 bits per heavy atom. The lowest BCUT2D eigenvalue weighted by atomic mass is 10.0. The summed E-state index contributed by atoms with van der Waals surface area (Å²) in [6.45, 7) is 4.35. The van der Waals surface area contributed by atoms with E-state index in [9.17, 15) is 4.79 Å². The highest BCUT2D eigenvalue weighted by Gasteiger charge is 2.13. The molecule has 0 spiro atoms. The number of carbonyl (C=O) groups excluding carboxylic acids is 1. The highest BCUT2D eigenvalue weighted by atomic mass is 35.5. The molecule has 0 amide bonds. The highest BCUT2D eigenvalue weighted by molar-refractivity contribution is 6.32. The number of hydrogen-bond donors (Lipinski definition) is 0. The highest BCUT2D eigenvalue weighted by Crippen LogP contribution is 2.30. The van der Waals surface area contributed by atoms with Crippen LogP contribution in [0.2, 0.25) is 10.0 Å². The van der Waals surface area contributed by atoms with Crippen LogP contribution in [0, 0.1) is 6.92 Å². The zero-order valence-corrected chi connectivity index (χ0v) is 15.5. The number of hydrogen-bond acceptors (Lipinski definition) is 3. The molecule has 3 nitrogen and oxygen atoms in total. The van der Waals surface area contributed by atoms with Gasteiger partial charge in [0.2, 0.25) is 0 Å². The van der Waals surface area contributed by atoms with Crippen molar-refractivity contribution in [3.8, 4) is 5.75 Å². The van der Waals surface area contributed by atoms with Gasteiger partial charge in [0.15, 0.2) is 0 Å². The third-order valence-electron chi connectivity index (χ3n) is 3.92. The molecule has 0 aromatic heterocycles. The van der Waals surface area contributed by atoms with Gasteiger partial charge in [-0.3, -0.25) is 4.79 Å². The van der Waals surface area contributed by atoms with Crippen molar-refractivity contribution in [1.82, 2.24) is 0 Å². The largest absolute Gasteiger partial charge is 0.487 e. The van der Waals surface area contributed by atoms with Crippen molar-refractivity contribution < 1.29 is 14.3 Å². The van der Waals surface area contributed by atoms with Gasteiger partial charge in [0.25, 0.3) is 0 Å². The molecule has 128 valence electrons. The van der Waals surface area contributed by atoms with Crippen molar-refractivity contribution in [2.24, 2.45) is 0 Å².